The van der Waals surface area contributed by atoms with Gasteiger partial charge >= 0.3 is 0 Å². The van der Waals surface area contributed by atoms with E-state index in [-0.39, 0.29) is 0 Å². The molecule has 0 aliphatic rings. The molecule has 0 aliphatic heterocycles. The van der Waals surface area contributed by atoms with Crippen molar-refractivity contribution in [3.8, 4) is 0 Å². The minimum absolute atomic E-state index is 0.505. The third-order valence-corrected chi connectivity index (χ3v) is 2.79. The maximum absolute atomic E-state index is 3.25. The molecule has 0 rings (SSSR count). The van der Waals surface area contributed by atoms with E-state index < -0.39 is 0 Å². The molecule has 0 unspecified atom stereocenters. The van der Waals surface area contributed by atoms with Crippen LogP contribution >= 0.6 is 0 Å². The van der Waals surface area contributed by atoms with Gasteiger partial charge in [-0.25, -0.2) is 0 Å². The Kier molecular flexibility index (Phi) is 10.9. The fraction of sp³-hybridized carbons (Fsp3) is 1.00. The third-order valence-electron chi connectivity index (χ3n) is 2.79. The van der Waals surface area contributed by atoms with E-state index in [0.717, 1.165) is 0 Å². The first-order valence-electron chi connectivity index (χ1n) is 6.19. The zero-order chi connectivity index (χ0) is 10.6. The maximum Gasteiger partial charge on any atom is 0.0566 e. The van der Waals surface area contributed by atoms with Crippen LogP contribution in [0.5, 0.6) is 0 Å². The molecule has 86 valence electrons. The summed E-state index contributed by atoms with van der Waals surface area (Å²) in [5.74, 6) is 0. The van der Waals surface area contributed by atoms with Crippen LogP contribution in [-0.4, -0.2) is 20.3 Å². The van der Waals surface area contributed by atoms with Crippen molar-refractivity contribution >= 4 is 0 Å². The first kappa shape index (κ1) is 13.9. The Morgan fingerprint density at radius 1 is 0.786 bits per heavy atom. The maximum atomic E-state index is 3.25. The molecule has 0 amide bonds. The van der Waals surface area contributed by atoms with Gasteiger partial charge in [0.1, 0.15) is 0 Å². The van der Waals surface area contributed by atoms with E-state index in [1.54, 1.807) is 0 Å². The minimum atomic E-state index is 0.505. The van der Waals surface area contributed by atoms with Gasteiger partial charge in [0.15, 0.2) is 0 Å². The van der Waals surface area contributed by atoms with Crippen molar-refractivity contribution in [1.29, 1.82) is 0 Å². The molecule has 0 aliphatic carbocycles. The highest BCUT2D eigenvalue weighted by molar-refractivity contribution is 4.58. The van der Waals surface area contributed by atoms with Crippen LogP contribution in [0.2, 0.25) is 0 Å². The predicted molar refractivity (Wildman–Crippen MR) is 64.5 cm³/mol. The summed E-state index contributed by atoms with van der Waals surface area (Å²) in [5, 5.41) is 6.50. The van der Waals surface area contributed by atoms with Crippen molar-refractivity contribution in [2.75, 3.05) is 14.1 Å². The fourth-order valence-electron chi connectivity index (χ4n) is 1.74. The molecule has 0 heterocycles. The molecule has 0 saturated heterocycles. The zero-order valence-corrected chi connectivity index (χ0v) is 10.2. The van der Waals surface area contributed by atoms with Crippen LogP contribution in [-0.2, 0) is 0 Å². The van der Waals surface area contributed by atoms with E-state index in [0.29, 0.717) is 6.17 Å². The van der Waals surface area contributed by atoms with Crippen molar-refractivity contribution in [2.24, 2.45) is 0 Å². The second kappa shape index (κ2) is 11.0. The molecule has 0 saturated carbocycles. The molecule has 0 atom stereocenters. The number of rotatable bonds is 10. The summed E-state index contributed by atoms with van der Waals surface area (Å²) in [5.41, 5.74) is 0. The van der Waals surface area contributed by atoms with E-state index in [2.05, 4.69) is 17.6 Å². The molecule has 0 spiro atoms. The molecule has 0 aromatic heterocycles. The quantitative estimate of drug-likeness (QED) is 0.418. The van der Waals surface area contributed by atoms with E-state index >= 15 is 0 Å². The van der Waals surface area contributed by atoms with Crippen LogP contribution in [0.3, 0.4) is 0 Å². The lowest BCUT2D eigenvalue weighted by molar-refractivity contribution is 0.435. The van der Waals surface area contributed by atoms with Gasteiger partial charge in [-0.3, -0.25) is 0 Å². The van der Waals surface area contributed by atoms with Crippen molar-refractivity contribution < 1.29 is 0 Å². The van der Waals surface area contributed by atoms with Crippen molar-refractivity contribution in [1.82, 2.24) is 10.6 Å². The Bertz CT molecular complexity index is 100. The highest BCUT2D eigenvalue weighted by atomic mass is 15.1. The Labute approximate surface area is 89.9 Å². The SMILES string of the molecule is CCCCCCCCCC(NC)NC. The summed E-state index contributed by atoms with van der Waals surface area (Å²) in [6.07, 6.45) is 11.5. The summed E-state index contributed by atoms with van der Waals surface area (Å²) in [6, 6.07) is 0. The number of hydrogen-bond acceptors (Lipinski definition) is 2. The minimum Gasteiger partial charge on any atom is -0.305 e. The molecule has 0 radical (unpaired) electrons. The zero-order valence-electron chi connectivity index (χ0n) is 10.2. The lowest BCUT2D eigenvalue weighted by atomic mass is 10.1. The molecule has 2 N–H and O–H groups in total. The molecule has 14 heavy (non-hydrogen) atoms. The Hall–Kier alpha value is -0.0800. The Morgan fingerprint density at radius 3 is 1.79 bits per heavy atom. The van der Waals surface area contributed by atoms with E-state index in [4.69, 9.17) is 0 Å². The molecule has 0 aromatic rings. The predicted octanol–water partition coefficient (Wildman–Crippen LogP) is 2.89. The van der Waals surface area contributed by atoms with Crippen LogP contribution in [0.1, 0.15) is 58.3 Å². The standard InChI is InChI=1S/C12H28N2/c1-4-5-6-7-8-9-10-11-12(13-2)14-3/h12-14H,4-11H2,1-3H3. The smallest absolute Gasteiger partial charge is 0.0566 e. The molecule has 2 nitrogen and oxygen atoms in total. The molecule has 0 bridgehead atoms. The average Bonchev–Trinajstić information content (AvgIpc) is 2.22. The first-order chi connectivity index (χ1) is 6.85. The fourth-order valence-corrected chi connectivity index (χ4v) is 1.74. The highest BCUT2D eigenvalue weighted by Crippen LogP contribution is 2.08. The van der Waals surface area contributed by atoms with Crippen LogP contribution in [0.15, 0.2) is 0 Å². The molecule has 0 aromatic carbocycles. The van der Waals surface area contributed by atoms with Gasteiger partial charge < -0.3 is 10.6 Å². The Morgan fingerprint density at radius 2 is 1.29 bits per heavy atom. The summed E-state index contributed by atoms with van der Waals surface area (Å²) in [7, 11) is 4.03. The van der Waals surface area contributed by atoms with Gasteiger partial charge in [-0.2, -0.15) is 0 Å². The van der Waals surface area contributed by atoms with Crippen LogP contribution < -0.4 is 10.6 Å². The number of unbranched alkanes of at least 4 members (excludes halogenated alkanes) is 6. The van der Waals surface area contributed by atoms with Gasteiger partial charge in [0, 0.05) is 0 Å². The lowest BCUT2D eigenvalue weighted by Crippen LogP contribution is -2.37. The summed E-state index contributed by atoms with van der Waals surface area (Å²) in [4.78, 5) is 0. The molecule has 0 fully saturated rings. The second-order valence-corrected chi connectivity index (χ2v) is 4.04. The van der Waals surface area contributed by atoms with Gasteiger partial charge in [0.25, 0.3) is 0 Å². The normalized spacial score (nSPS) is 11.1. The monoisotopic (exact) mass is 200 g/mol. The number of nitrogens with one attached hydrogen (secondary N) is 2. The van der Waals surface area contributed by atoms with Gasteiger partial charge in [0.05, 0.1) is 6.17 Å². The van der Waals surface area contributed by atoms with Crippen molar-refractivity contribution in [3.63, 3.8) is 0 Å². The molecular weight excluding hydrogens is 172 g/mol. The largest absolute Gasteiger partial charge is 0.305 e. The summed E-state index contributed by atoms with van der Waals surface area (Å²) < 4.78 is 0. The number of hydrogen-bond donors (Lipinski definition) is 2. The lowest BCUT2D eigenvalue weighted by Gasteiger charge is -2.14. The van der Waals surface area contributed by atoms with Gasteiger partial charge in [0.2, 0.25) is 0 Å². The van der Waals surface area contributed by atoms with E-state index in [1.165, 1.54) is 51.4 Å². The topological polar surface area (TPSA) is 24.1 Å². The van der Waals surface area contributed by atoms with Crippen LogP contribution in [0, 0.1) is 0 Å². The highest BCUT2D eigenvalue weighted by Gasteiger charge is 2.00. The van der Waals surface area contributed by atoms with E-state index in [9.17, 15) is 0 Å². The van der Waals surface area contributed by atoms with Gasteiger partial charge in [-0.05, 0) is 20.5 Å². The van der Waals surface area contributed by atoms with Gasteiger partial charge in [-0.15, -0.1) is 0 Å². The van der Waals surface area contributed by atoms with E-state index in [1.807, 2.05) is 14.1 Å². The van der Waals surface area contributed by atoms with Gasteiger partial charge in [-0.1, -0.05) is 51.9 Å². The molecule has 2 heteroatoms. The molecular formula is C12H28N2. The first-order valence-corrected chi connectivity index (χ1v) is 6.19. The van der Waals surface area contributed by atoms with Crippen LogP contribution in [0.25, 0.3) is 0 Å². The average molecular weight is 200 g/mol. The summed E-state index contributed by atoms with van der Waals surface area (Å²) >= 11 is 0. The van der Waals surface area contributed by atoms with Crippen molar-refractivity contribution in [3.05, 3.63) is 0 Å². The van der Waals surface area contributed by atoms with Crippen LogP contribution in [0.4, 0.5) is 0 Å². The Balaban J connectivity index is 3.04. The van der Waals surface area contributed by atoms with Crippen molar-refractivity contribution in [2.45, 2.75) is 64.5 Å². The second-order valence-electron chi connectivity index (χ2n) is 4.04. The third kappa shape index (κ3) is 8.52. The summed E-state index contributed by atoms with van der Waals surface area (Å²) in [6.45, 7) is 2.27.